The summed E-state index contributed by atoms with van der Waals surface area (Å²) in [5.41, 5.74) is -0.704. The lowest BCUT2D eigenvalue weighted by molar-refractivity contribution is -0.136. The number of nitrogens with zero attached hydrogens (tertiary/aromatic N) is 7. The van der Waals surface area contributed by atoms with Crippen molar-refractivity contribution in [1.29, 1.82) is 5.26 Å². The molecule has 1 aliphatic heterocycles. The van der Waals surface area contributed by atoms with Gasteiger partial charge in [-0.2, -0.15) is 18.4 Å². The first-order valence-corrected chi connectivity index (χ1v) is 9.67. The lowest BCUT2D eigenvalue weighted by Crippen LogP contribution is -2.58. The van der Waals surface area contributed by atoms with E-state index in [4.69, 9.17) is 5.26 Å². The van der Waals surface area contributed by atoms with Gasteiger partial charge in [-0.3, -0.25) is 4.57 Å². The fourth-order valence-corrected chi connectivity index (χ4v) is 3.96. The molecule has 0 aromatic carbocycles. The predicted molar refractivity (Wildman–Crippen MR) is 107 cm³/mol. The van der Waals surface area contributed by atoms with Gasteiger partial charge in [0.25, 0.3) is 0 Å². The molecule has 4 rings (SSSR count). The molecule has 166 valence electrons. The van der Waals surface area contributed by atoms with Crippen molar-refractivity contribution in [3.05, 3.63) is 42.0 Å². The molecule has 9 nitrogen and oxygen atoms in total. The van der Waals surface area contributed by atoms with Crippen LogP contribution in [0.15, 0.2) is 30.9 Å². The average molecular weight is 445 g/mol. The van der Waals surface area contributed by atoms with Crippen LogP contribution in [0.1, 0.15) is 25.0 Å². The number of hydrogen-bond donors (Lipinski definition) is 1. The SMILES string of the molecule is CC1CN(c2ncnc3c2c(C(F)(F)F)cn3-c2cc(C#N)ccn2)C(C)CN1C(=O)O. The van der Waals surface area contributed by atoms with Gasteiger partial charge in [-0.25, -0.2) is 19.7 Å². The van der Waals surface area contributed by atoms with Crippen molar-refractivity contribution >= 4 is 22.9 Å². The van der Waals surface area contributed by atoms with Crippen LogP contribution in [0.25, 0.3) is 16.9 Å². The summed E-state index contributed by atoms with van der Waals surface area (Å²) in [4.78, 5) is 26.7. The van der Waals surface area contributed by atoms with Crippen LogP contribution in [0.4, 0.5) is 23.8 Å². The first-order chi connectivity index (χ1) is 15.1. The Bertz CT molecular complexity index is 1230. The van der Waals surface area contributed by atoms with E-state index in [1.807, 2.05) is 6.07 Å². The highest BCUT2D eigenvalue weighted by Crippen LogP contribution is 2.41. The molecule has 32 heavy (non-hydrogen) atoms. The summed E-state index contributed by atoms with van der Waals surface area (Å²) in [5, 5.41) is 18.3. The number of halogens is 3. The molecule has 2 atom stereocenters. The van der Waals surface area contributed by atoms with E-state index in [-0.39, 0.29) is 41.3 Å². The third kappa shape index (κ3) is 3.55. The molecule has 1 amide bonds. The van der Waals surface area contributed by atoms with Gasteiger partial charge in [-0.15, -0.1) is 0 Å². The predicted octanol–water partition coefficient (Wildman–Crippen LogP) is 3.28. The van der Waals surface area contributed by atoms with E-state index < -0.39 is 29.9 Å². The lowest BCUT2D eigenvalue weighted by Gasteiger charge is -2.43. The summed E-state index contributed by atoms with van der Waals surface area (Å²) in [7, 11) is 0. The van der Waals surface area contributed by atoms with Crippen LogP contribution in [-0.2, 0) is 6.18 Å². The Labute approximate surface area is 180 Å². The first kappa shape index (κ1) is 21.4. The second-order valence-corrected chi connectivity index (χ2v) is 7.61. The summed E-state index contributed by atoms with van der Waals surface area (Å²) in [6.45, 7) is 3.72. The number of hydrogen-bond acceptors (Lipinski definition) is 6. The zero-order chi connectivity index (χ0) is 23.2. The number of piperazine rings is 1. The number of pyridine rings is 1. The van der Waals surface area contributed by atoms with Gasteiger partial charge in [0.05, 0.1) is 22.6 Å². The molecule has 1 fully saturated rings. The van der Waals surface area contributed by atoms with Crippen LogP contribution in [0, 0.1) is 11.3 Å². The zero-order valence-electron chi connectivity index (χ0n) is 17.1. The van der Waals surface area contributed by atoms with Gasteiger partial charge in [-0.05, 0) is 26.0 Å². The van der Waals surface area contributed by atoms with Crippen molar-refractivity contribution in [2.24, 2.45) is 0 Å². The number of fused-ring (bicyclic) bond motifs is 1. The minimum absolute atomic E-state index is 0.00886. The second kappa shape index (κ2) is 7.67. The Kier molecular flexibility index (Phi) is 5.12. The van der Waals surface area contributed by atoms with Crippen molar-refractivity contribution < 1.29 is 23.1 Å². The van der Waals surface area contributed by atoms with Crippen LogP contribution < -0.4 is 4.90 Å². The number of aromatic nitrogens is 4. The van der Waals surface area contributed by atoms with E-state index in [1.54, 1.807) is 18.7 Å². The smallest absolute Gasteiger partial charge is 0.418 e. The molecule has 3 aromatic rings. The van der Waals surface area contributed by atoms with Gasteiger partial charge in [0, 0.05) is 37.6 Å². The summed E-state index contributed by atoms with van der Waals surface area (Å²) in [5.74, 6) is 0.188. The minimum atomic E-state index is -4.70. The van der Waals surface area contributed by atoms with Gasteiger partial charge in [0.15, 0.2) is 5.65 Å². The molecule has 12 heteroatoms. The number of rotatable bonds is 2. The van der Waals surface area contributed by atoms with Crippen molar-refractivity contribution in [2.45, 2.75) is 32.1 Å². The molecule has 0 radical (unpaired) electrons. The van der Waals surface area contributed by atoms with Crippen LogP contribution in [0.2, 0.25) is 0 Å². The Morgan fingerprint density at radius 1 is 1.22 bits per heavy atom. The highest BCUT2D eigenvalue weighted by atomic mass is 19.4. The number of nitriles is 1. The Hall–Kier alpha value is -3.88. The summed E-state index contributed by atoms with van der Waals surface area (Å²) in [6.07, 6.45) is -2.38. The molecule has 1 saturated heterocycles. The van der Waals surface area contributed by atoms with E-state index in [0.717, 1.165) is 6.20 Å². The molecule has 0 aliphatic carbocycles. The van der Waals surface area contributed by atoms with Crippen molar-refractivity contribution in [3.63, 3.8) is 0 Å². The molecule has 0 saturated carbocycles. The molecular formula is C20H18F3N7O2. The standard InChI is InChI=1S/C20H18F3N7O2/c1-11-8-29(19(31)32)12(2)7-28(11)17-16-14(20(21,22)23)9-30(18(16)27-10-26-17)15-5-13(6-24)3-4-25-15/h3-5,9-12H,7-8H2,1-2H3,(H,31,32). The van der Waals surface area contributed by atoms with E-state index in [9.17, 15) is 23.1 Å². The maximum absolute atomic E-state index is 14.0. The molecule has 0 spiro atoms. The fraction of sp³-hybridized carbons (Fsp3) is 0.350. The molecule has 0 bridgehead atoms. The lowest BCUT2D eigenvalue weighted by atomic mass is 10.1. The molecule has 2 unspecified atom stereocenters. The third-order valence-electron chi connectivity index (χ3n) is 5.49. The molecule has 3 aromatic heterocycles. The topological polar surface area (TPSA) is 111 Å². The Balaban J connectivity index is 1.91. The number of amides is 1. The normalized spacial score (nSPS) is 19.2. The maximum Gasteiger partial charge on any atom is 0.418 e. The van der Waals surface area contributed by atoms with Gasteiger partial charge >= 0.3 is 12.3 Å². The Morgan fingerprint density at radius 2 is 1.97 bits per heavy atom. The number of anilines is 1. The molecule has 1 N–H and O–H groups in total. The number of carbonyl (C=O) groups is 1. The van der Waals surface area contributed by atoms with Crippen LogP contribution in [-0.4, -0.2) is 60.8 Å². The van der Waals surface area contributed by atoms with Gasteiger partial charge in [-0.1, -0.05) is 0 Å². The van der Waals surface area contributed by atoms with Crippen LogP contribution in [0.5, 0.6) is 0 Å². The Morgan fingerprint density at radius 3 is 2.62 bits per heavy atom. The quantitative estimate of drug-likeness (QED) is 0.644. The first-order valence-electron chi connectivity index (χ1n) is 9.67. The maximum atomic E-state index is 14.0. The monoisotopic (exact) mass is 445 g/mol. The van der Waals surface area contributed by atoms with E-state index in [1.165, 1.54) is 34.1 Å². The van der Waals surface area contributed by atoms with Crippen LogP contribution in [0.3, 0.4) is 0 Å². The fourth-order valence-electron chi connectivity index (χ4n) is 3.96. The van der Waals surface area contributed by atoms with Crippen LogP contribution >= 0.6 is 0 Å². The minimum Gasteiger partial charge on any atom is -0.465 e. The summed E-state index contributed by atoms with van der Waals surface area (Å²) < 4.78 is 43.3. The summed E-state index contributed by atoms with van der Waals surface area (Å²) in [6, 6.07) is 3.91. The summed E-state index contributed by atoms with van der Waals surface area (Å²) >= 11 is 0. The third-order valence-corrected chi connectivity index (χ3v) is 5.49. The molecule has 4 heterocycles. The highest BCUT2D eigenvalue weighted by Gasteiger charge is 2.40. The van der Waals surface area contributed by atoms with Crippen molar-refractivity contribution in [3.8, 4) is 11.9 Å². The average Bonchev–Trinajstić information content (AvgIpc) is 3.15. The van der Waals surface area contributed by atoms with E-state index >= 15 is 0 Å². The number of carboxylic acid groups (broad SMARTS) is 1. The zero-order valence-corrected chi connectivity index (χ0v) is 17.1. The van der Waals surface area contributed by atoms with Crippen molar-refractivity contribution in [1.82, 2.24) is 24.4 Å². The largest absolute Gasteiger partial charge is 0.465 e. The van der Waals surface area contributed by atoms with Gasteiger partial charge in [0.1, 0.15) is 18.0 Å². The highest BCUT2D eigenvalue weighted by molar-refractivity contribution is 5.93. The van der Waals surface area contributed by atoms with Gasteiger partial charge < -0.3 is 14.9 Å². The van der Waals surface area contributed by atoms with E-state index in [2.05, 4.69) is 15.0 Å². The molecular weight excluding hydrogens is 427 g/mol. The van der Waals surface area contributed by atoms with Crippen molar-refractivity contribution in [2.75, 3.05) is 18.0 Å². The van der Waals surface area contributed by atoms with Gasteiger partial charge in [0.2, 0.25) is 0 Å². The molecule has 1 aliphatic rings. The number of alkyl halides is 3. The van der Waals surface area contributed by atoms with E-state index in [0.29, 0.717) is 0 Å². The second-order valence-electron chi connectivity index (χ2n) is 7.61.